The summed E-state index contributed by atoms with van der Waals surface area (Å²) < 4.78 is 13.5. The zero-order valence-corrected chi connectivity index (χ0v) is 12.9. The van der Waals surface area contributed by atoms with Crippen LogP contribution in [-0.4, -0.2) is 35.4 Å². The Hall–Kier alpha value is -2.27. The van der Waals surface area contributed by atoms with E-state index in [2.05, 4.69) is 15.2 Å². The van der Waals surface area contributed by atoms with Crippen molar-refractivity contribution in [3.63, 3.8) is 0 Å². The van der Waals surface area contributed by atoms with E-state index in [1.54, 1.807) is 18.2 Å². The number of hydrogen-bond acceptors (Lipinski definition) is 3. The van der Waals surface area contributed by atoms with Gasteiger partial charge in [0.15, 0.2) is 0 Å². The second-order valence-electron chi connectivity index (χ2n) is 5.83. The van der Waals surface area contributed by atoms with E-state index in [9.17, 15) is 9.18 Å². The maximum atomic E-state index is 13.5. The van der Waals surface area contributed by atoms with E-state index in [-0.39, 0.29) is 18.3 Å². The Balaban J connectivity index is 1.35. The van der Waals surface area contributed by atoms with Crippen LogP contribution in [-0.2, 0) is 11.3 Å². The summed E-state index contributed by atoms with van der Waals surface area (Å²) in [6, 6.07) is 12.5. The quantitative estimate of drug-likeness (QED) is 0.890. The third-order valence-electron chi connectivity index (χ3n) is 4.15. The number of halogens is 1. The van der Waals surface area contributed by atoms with E-state index < -0.39 is 0 Å². The number of carbonyl (C=O) groups excluding carboxylic acids is 1. The summed E-state index contributed by atoms with van der Waals surface area (Å²) >= 11 is 0. The molecule has 1 aliphatic heterocycles. The minimum Gasteiger partial charge on any atom is -0.352 e. The lowest BCUT2D eigenvalue weighted by atomic mass is 9.95. The first kappa shape index (κ1) is 15.6. The maximum absolute atomic E-state index is 13.5. The number of nitrogens with one attached hydrogen (secondary N) is 1. The highest BCUT2D eigenvalue weighted by atomic mass is 19.1. The molecule has 5 heteroatoms. The van der Waals surface area contributed by atoms with Crippen LogP contribution in [0.25, 0.3) is 0 Å². The Kier molecular flexibility index (Phi) is 4.98. The van der Waals surface area contributed by atoms with Gasteiger partial charge in [-0.05, 0) is 18.2 Å². The lowest BCUT2D eigenvalue weighted by Gasteiger charge is -2.38. The average Bonchev–Trinajstić information content (AvgIpc) is 2.53. The van der Waals surface area contributed by atoms with Crippen molar-refractivity contribution in [2.75, 3.05) is 19.6 Å². The Morgan fingerprint density at radius 2 is 2.00 bits per heavy atom. The number of aromatic nitrogens is 1. The van der Waals surface area contributed by atoms with Crippen LogP contribution >= 0.6 is 0 Å². The minimum absolute atomic E-state index is 0.0467. The molecule has 3 rings (SSSR count). The van der Waals surface area contributed by atoms with Crippen molar-refractivity contribution in [1.29, 1.82) is 0 Å². The van der Waals surface area contributed by atoms with Crippen LogP contribution < -0.4 is 5.32 Å². The minimum atomic E-state index is -0.284. The van der Waals surface area contributed by atoms with Gasteiger partial charge in [-0.25, -0.2) is 4.39 Å². The summed E-state index contributed by atoms with van der Waals surface area (Å²) in [7, 11) is 0. The van der Waals surface area contributed by atoms with Crippen LogP contribution in [0.3, 0.4) is 0 Å². The second kappa shape index (κ2) is 7.33. The molecule has 4 nitrogen and oxygen atoms in total. The zero-order chi connectivity index (χ0) is 16.1. The fourth-order valence-corrected chi connectivity index (χ4v) is 2.74. The van der Waals surface area contributed by atoms with Gasteiger partial charge >= 0.3 is 0 Å². The molecule has 0 bridgehead atoms. The lowest BCUT2D eigenvalue weighted by molar-refractivity contribution is -0.121. The number of amides is 1. The fourth-order valence-electron chi connectivity index (χ4n) is 2.74. The molecule has 2 aromatic rings. The van der Waals surface area contributed by atoms with Gasteiger partial charge in [-0.15, -0.1) is 0 Å². The topological polar surface area (TPSA) is 45.2 Å². The Morgan fingerprint density at radius 1 is 1.22 bits per heavy atom. The van der Waals surface area contributed by atoms with Crippen molar-refractivity contribution in [2.24, 2.45) is 0 Å². The van der Waals surface area contributed by atoms with E-state index in [0.717, 1.165) is 25.3 Å². The van der Waals surface area contributed by atoms with Crippen molar-refractivity contribution >= 4 is 5.91 Å². The Morgan fingerprint density at radius 3 is 2.74 bits per heavy atom. The molecule has 1 N–H and O–H groups in total. The summed E-state index contributed by atoms with van der Waals surface area (Å²) in [5.41, 5.74) is 1.63. The Bertz CT molecular complexity index is 656. The predicted molar refractivity (Wildman–Crippen MR) is 86.3 cm³/mol. The molecular formula is C18H20FN3O. The first-order valence-corrected chi connectivity index (χ1v) is 7.86. The highest BCUT2D eigenvalue weighted by Gasteiger charge is 2.28. The van der Waals surface area contributed by atoms with Crippen molar-refractivity contribution in [1.82, 2.24) is 15.2 Å². The van der Waals surface area contributed by atoms with Crippen LogP contribution in [0.5, 0.6) is 0 Å². The number of benzene rings is 1. The number of rotatable bonds is 6. The zero-order valence-electron chi connectivity index (χ0n) is 12.9. The lowest BCUT2D eigenvalue weighted by Crippen LogP contribution is -2.46. The van der Waals surface area contributed by atoms with Gasteiger partial charge in [0.25, 0.3) is 0 Å². The van der Waals surface area contributed by atoms with Gasteiger partial charge in [-0.1, -0.05) is 24.3 Å². The molecular weight excluding hydrogens is 293 g/mol. The predicted octanol–water partition coefficient (Wildman–Crippen LogP) is 2.33. The molecule has 0 unspecified atom stereocenters. The van der Waals surface area contributed by atoms with Gasteiger partial charge in [-0.3, -0.25) is 9.78 Å². The summed E-state index contributed by atoms with van der Waals surface area (Å²) in [5.74, 6) is 0.140. The van der Waals surface area contributed by atoms with E-state index in [4.69, 9.17) is 0 Å². The number of nitrogens with zero attached hydrogens (tertiary/aromatic N) is 2. The van der Waals surface area contributed by atoms with Gasteiger partial charge in [0, 0.05) is 56.0 Å². The molecule has 0 aliphatic carbocycles. The molecule has 23 heavy (non-hydrogen) atoms. The van der Waals surface area contributed by atoms with E-state index >= 15 is 0 Å². The van der Waals surface area contributed by atoms with E-state index in [1.165, 1.54) is 6.07 Å². The van der Waals surface area contributed by atoms with Crippen molar-refractivity contribution < 1.29 is 9.18 Å². The van der Waals surface area contributed by atoms with Crippen LogP contribution in [0.2, 0.25) is 0 Å². The number of hydrogen-bond donors (Lipinski definition) is 1. The number of pyridine rings is 1. The van der Waals surface area contributed by atoms with Crippen molar-refractivity contribution in [3.8, 4) is 0 Å². The monoisotopic (exact) mass is 313 g/mol. The normalized spacial score (nSPS) is 15.2. The molecule has 2 heterocycles. The van der Waals surface area contributed by atoms with Gasteiger partial charge in [-0.2, -0.15) is 0 Å². The highest BCUT2D eigenvalue weighted by Crippen LogP contribution is 2.24. The second-order valence-corrected chi connectivity index (χ2v) is 5.83. The fraction of sp³-hybridized carbons (Fsp3) is 0.333. The van der Waals surface area contributed by atoms with Crippen LogP contribution in [0.1, 0.15) is 23.6 Å². The first-order chi connectivity index (χ1) is 11.2. The summed E-state index contributed by atoms with van der Waals surface area (Å²) in [6.07, 6.45) is 2.25. The summed E-state index contributed by atoms with van der Waals surface area (Å²) in [6.45, 7) is 2.85. The standard InChI is InChI=1S/C18H20FN3O/c19-16-6-2-1-5-14(16)11-21-18(23)8-10-22-12-15(13-22)17-7-3-4-9-20-17/h1-7,9,15H,8,10-13H2,(H,21,23). The van der Waals surface area contributed by atoms with Gasteiger partial charge in [0.1, 0.15) is 5.82 Å². The molecule has 1 aliphatic rings. The van der Waals surface area contributed by atoms with Crippen LogP contribution in [0, 0.1) is 5.82 Å². The summed E-state index contributed by atoms with van der Waals surface area (Å²) in [5, 5.41) is 2.77. The van der Waals surface area contributed by atoms with E-state index in [0.29, 0.717) is 17.9 Å². The molecule has 0 atom stereocenters. The number of likely N-dealkylation sites (tertiary alicyclic amines) is 1. The van der Waals surface area contributed by atoms with Crippen molar-refractivity contribution in [3.05, 3.63) is 65.7 Å². The Labute approximate surface area is 135 Å². The molecule has 1 aromatic heterocycles. The maximum Gasteiger partial charge on any atom is 0.221 e. The van der Waals surface area contributed by atoms with Crippen LogP contribution in [0.15, 0.2) is 48.7 Å². The molecule has 1 saturated heterocycles. The molecule has 1 fully saturated rings. The molecule has 1 aromatic carbocycles. The SMILES string of the molecule is O=C(CCN1CC(c2ccccn2)C1)NCc1ccccc1F. The molecule has 1 amide bonds. The molecule has 0 saturated carbocycles. The number of carbonyl (C=O) groups is 1. The largest absolute Gasteiger partial charge is 0.352 e. The average molecular weight is 313 g/mol. The van der Waals surface area contributed by atoms with Gasteiger partial charge in [0.2, 0.25) is 5.91 Å². The van der Waals surface area contributed by atoms with Crippen LogP contribution in [0.4, 0.5) is 4.39 Å². The first-order valence-electron chi connectivity index (χ1n) is 7.86. The smallest absolute Gasteiger partial charge is 0.221 e. The molecule has 120 valence electrons. The third kappa shape index (κ3) is 4.13. The third-order valence-corrected chi connectivity index (χ3v) is 4.15. The van der Waals surface area contributed by atoms with Gasteiger partial charge in [0.05, 0.1) is 0 Å². The van der Waals surface area contributed by atoms with Gasteiger partial charge < -0.3 is 10.2 Å². The van der Waals surface area contributed by atoms with E-state index in [1.807, 2.05) is 24.4 Å². The van der Waals surface area contributed by atoms with Crippen molar-refractivity contribution in [2.45, 2.75) is 18.9 Å². The summed E-state index contributed by atoms with van der Waals surface area (Å²) in [4.78, 5) is 18.4. The molecule has 0 spiro atoms. The molecule has 0 radical (unpaired) electrons. The highest BCUT2D eigenvalue weighted by molar-refractivity contribution is 5.76.